The zero-order valence-electron chi connectivity index (χ0n) is 15.5. The Balaban J connectivity index is 1.36. The van der Waals surface area contributed by atoms with E-state index in [1.54, 1.807) is 11.0 Å². The number of halogens is 3. The van der Waals surface area contributed by atoms with Crippen molar-refractivity contribution in [3.8, 4) is 0 Å². The van der Waals surface area contributed by atoms with Gasteiger partial charge in [0, 0.05) is 45.0 Å². The monoisotopic (exact) mass is 393 g/mol. The molecular formula is C19H22F3N5O. The standard InChI is InChI=1S/C19H22F3N5O/c20-19(21,22)15-4-2-6-23-18(15)26-10-7-25(8-11-26)9-12-27-17(28)13-14-3-1-5-16(14)24-27/h2,4,6,13H,1,3,5,7-12H2. The summed E-state index contributed by atoms with van der Waals surface area (Å²) in [6.45, 7) is 3.30. The van der Waals surface area contributed by atoms with Crippen LogP contribution >= 0.6 is 0 Å². The van der Waals surface area contributed by atoms with Crippen LogP contribution in [0.25, 0.3) is 0 Å². The van der Waals surface area contributed by atoms with Crippen LogP contribution in [0.2, 0.25) is 0 Å². The number of aryl methyl sites for hydroxylation is 2. The lowest BCUT2D eigenvalue weighted by Crippen LogP contribution is -2.48. The number of nitrogens with zero attached hydrogens (tertiary/aromatic N) is 5. The van der Waals surface area contributed by atoms with Crippen molar-refractivity contribution in [1.29, 1.82) is 0 Å². The number of anilines is 1. The minimum atomic E-state index is -4.42. The predicted octanol–water partition coefficient (Wildman–Crippen LogP) is 1.97. The summed E-state index contributed by atoms with van der Waals surface area (Å²) < 4.78 is 41.1. The van der Waals surface area contributed by atoms with Crippen LogP contribution in [-0.2, 0) is 25.6 Å². The molecule has 2 aromatic heterocycles. The summed E-state index contributed by atoms with van der Waals surface area (Å²) in [4.78, 5) is 20.0. The molecule has 1 saturated heterocycles. The first kappa shape index (κ1) is 18.9. The van der Waals surface area contributed by atoms with Gasteiger partial charge in [0.25, 0.3) is 5.56 Å². The van der Waals surface area contributed by atoms with Crippen molar-refractivity contribution in [2.45, 2.75) is 32.0 Å². The molecule has 0 atom stereocenters. The molecule has 9 heteroatoms. The van der Waals surface area contributed by atoms with Crippen LogP contribution in [0.5, 0.6) is 0 Å². The first-order chi connectivity index (χ1) is 13.4. The molecule has 0 unspecified atom stereocenters. The summed E-state index contributed by atoms with van der Waals surface area (Å²) >= 11 is 0. The van der Waals surface area contributed by atoms with Crippen LogP contribution in [0.4, 0.5) is 19.0 Å². The Labute approximate surface area is 160 Å². The van der Waals surface area contributed by atoms with Crippen LogP contribution < -0.4 is 10.5 Å². The number of rotatable bonds is 4. The fraction of sp³-hybridized carbons (Fsp3) is 0.526. The molecule has 150 valence electrons. The van der Waals surface area contributed by atoms with E-state index in [0.717, 1.165) is 36.6 Å². The largest absolute Gasteiger partial charge is 0.419 e. The zero-order valence-corrected chi connectivity index (χ0v) is 15.5. The van der Waals surface area contributed by atoms with Crippen molar-refractivity contribution in [2.24, 2.45) is 0 Å². The molecule has 0 amide bonds. The van der Waals surface area contributed by atoms with Gasteiger partial charge in [0.2, 0.25) is 0 Å². The van der Waals surface area contributed by atoms with E-state index >= 15 is 0 Å². The molecule has 1 fully saturated rings. The first-order valence-corrected chi connectivity index (χ1v) is 9.51. The van der Waals surface area contributed by atoms with Crippen molar-refractivity contribution in [3.05, 3.63) is 51.6 Å². The van der Waals surface area contributed by atoms with Crippen molar-refractivity contribution in [2.75, 3.05) is 37.6 Å². The molecular weight excluding hydrogens is 371 g/mol. The molecule has 6 nitrogen and oxygen atoms in total. The van der Waals surface area contributed by atoms with E-state index in [2.05, 4.69) is 15.0 Å². The molecule has 1 aliphatic carbocycles. The third kappa shape index (κ3) is 3.89. The van der Waals surface area contributed by atoms with Gasteiger partial charge in [-0.1, -0.05) is 0 Å². The van der Waals surface area contributed by atoms with Crippen LogP contribution in [0.1, 0.15) is 23.2 Å². The zero-order chi connectivity index (χ0) is 19.7. The van der Waals surface area contributed by atoms with E-state index < -0.39 is 11.7 Å². The molecule has 0 spiro atoms. The maximum Gasteiger partial charge on any atom is 0.419 e. The van der Waals surface area contributed by atoms with E-state index in [1.807, 2.05) is 0 Å². The number of hydrogen-bond donors (Lipinski definition) is 0. The van der Waals surface area contributed by atoms with E-state index in [4.69, 9.17) is 0 Å². The Morgan fingerprint density at radius 2 is 1.86 bits per heavy atom. The van der Waals surface area contributed by atoms with Gasteiger partial charge >= 0.3 is 6.18 Å². The molecule has 0 radical (unpaired) electrons. The molecule has 3 heterocycles. The summed E-state index contributed by atoms with van der Waals surface area (Å²) in [6, 6.07) is 4.07. The maximum absolute atomic E-state index is 13.2. The lowest BCUT2D eigenvalue weighted by Gasteiger charge is -2.36. The summed E-state index contributed by atoms with van der Waals surface area (Å²) in [5.41, 5.74) is 1.30. The fourth-order valence-electron chi connectivity index (χ4n) is 3.89. The third-order valence-electron chi connectivity index (χ3n) is 5.42. The van der Waals surface area contributed by atoms with Gasteiger partial charge < -0.3 is 4.90 Å². The highest BCUT2D eigenvalue weighted by molar-refractivity contribution is 5.48. The van der Waals surface area contributed by atoms with E-state index in [9.17, 15) is 18.0 Å². The molecule has 2 aliphatic rings. The van der Waals surface area contributed by atoms with Gasteiger partial charge in [-0.15, -0.1) is 0 Å². The fourth-order valence-corrected chi connectivity index (χ4v) is 3.89. The molecule has 4 rings (SSSR count). The minimum Gasteiger partial charge on any atom is -0.354 e. The molecule has 0 aromatic carbocycles. The average Bonchev–Trinajstić information content (AvgIpc) is 3.13. The lowest BCUT2D eigenvalue weighted by atomic mass is 10.2. The average molecular weight is 393 g/mol. The van der Waals surface area contributed by atoms with Gasteiger partial charge in [0.1, 0.15) is 5.82 Å². The second-order valence-corrected chi connectivity index (χ2v) is 7.23. The van der Waals surface area contributed by atoms with E-state index in [-0.39, 0.29) is 11.4 Å². The van der Waals surface area contributed by atoms with Gasteiger partial charge in [-0.05, 0) is 37.0 Å². The van der Waals surface area contributed by atoms with Crippen LogP contribution in [0.3, 0.4) is 0 Å². The van der Waals surface area contributed by atoms with Gasteiger partial charge in [0.05, 0.1) is 17.8 Å². The van der Waals surface area contributed by atoms with Crippen molar-refractivity contribution in [3.63, 3.8) is 0 Å². The van der Waals surface area contributed by atoms with Crippen LogP contribution in [0, 0.1) is 0 Å². The van der Waals surface area contributed by atoms with Gasteiger partial charge in [-0.25, -0.2) is 9.67 Å². The normalized spacial score (nSPS) is 17.8. The molecule has 2 aromatic rings. The second kappa shape index (κ2) is 7.54. The summed E-state index contributed by atoms with van der Waals surface area (Å²) in [7, 11) is 0. The Morgan fingerprint density at radius 1 is 1.07 bits per heavy atom. The smallest absolute Gasteiger partial charge is 0.354 e. The number of pyridine rings is 1. The Morgan fingerprint density at radius 3 is 2.61 bits per heavy atom. The van der Waals surface area contributed by atoms with Crippen LogP contribution in [0.15, 0.2) is 29.2 Å². The lowest BCUT2D eigenvalue weighted by molar-refractivity contribution is -0.137. The summed E-state index contributed by atoms with van der Waals surface area (Å²) in [5.74, 6) is -0.00819. The van der Waals surface area contributed by atoms with E-state index in [0.29, 0.717) is 39.3 Å². The molecule has 28 heavy (non-hydrogen) atoms. The van der Waals surface area contributed by atoms with Crippen molar-refractivity contribution < 1.29 is 13.2 Å². The number of hydrogen-bond acceptors (Lipinski definition) is 5. The minimum absolute atomic E-state index is 0.00819. The Bertz CT molecular complexity index is 903. The molecule has 0 bridgehead atoms. The summed E-state index contributed by atoms with van der Waals surface area (Å²) in [6.07, 6.45) is -0.140. The highest BCUT2D eigenvalue weighted by Gasteiger charge is 2.36. The van der Waals surface area contributed by atoms with Gasteiger partial charge in [-0.3, -0.25) is 9.69 Å². The second-order valence-electron chi connectivity index (χ2n) is 7.23. The highest BCUT2D eigenvalue weighted by atomic mass is 19.4. The Hall–Kier alpha value is -2.42. The molecule has 0 saturated carbocycles. The molecule has 0 N–H and O–H groups in total. The quantitative estimate of drug-likeness (QED) is 0.795. The van der Waals surface area contributed by atoms with Crippen LogP contribution in [-0.4, -0.2) is 52.4 Å². The van der Waals surface area contributed by atoms with Gasteiger partial charge in [0.15, 0.2) is 0 Å². The highest BCUT2D eigenvalue weighted by Crippen LogP contribution is 2.35. The SMILES string of the molecule is O=c1cc2c(nn1CCN1CCN(c3ncccc3C(F)(F)F)CC1)CCC2. The van der Waals surface area contributed by atoms with Crippen molar-refractivity contribution >= 4 is 5.82 Å². The number of alkyl halides is 3. The summed E-state index contributed by atoms with van der Waals surface area (Å²) in [5, 5.41) is 4.47. The number of fused-ring (bicyclic) bond motifs is 1. The topological polar surface area (TPSA) is 54.3 Å². The third-order valence-corrected chi connectivity index (χ3v) is 5.42. The predicted molar refractivity (Wildman–Crippen MR) is 98.4 cm³/mol. The van der Waals surface area contributed by atoms with E-state index in [1.165, 1.54) is 16.9 Å². The van der Waals surface area contributed by atoms with Crippen molar-refractivity contribution in [1.82, 2.24) is 19.7 Å². The number of aromatic nitrogens is 3. The van der Waals surface area contributed by atoms with Gasteiger partial charge in [-0.2, -0.15) is 18.3 Å². The maximum atomic E-state index is 13.2. The number of piperazine rings is 1. The molecule has 1 aliphatic heterocycles. The Kier molecular flexibility index (Phi) is 5.09. The first-order valence-electron chi connectivity index (χ1n) is 9.51.